The Bertz CT molecular complexity index is 566. The van der Waals surface area contributed by atoms with Gasteiger partial charge in [0.05, 0.1) is 0 Å². The van der Waals surface area contributed by atoms with Crippen molar-refractivity contribution in [2.24, 2.45) is 5.92 Å². The molecule has 1 saturated heterocycles. The average molecular weight is 303 g/mol. The predicted molar refractivity (Wildman–Crippen MR) is 80.3 cm³/mol. The highest BCUT2D eigenvalue weighted by molar-refractivity contribution is 5.84. The molecule has 0 bridgehead atoms. The van der Waals surface area contributed by atoms with Crippen LogP contribution in [-0.4, -0.2) is 41.1 Å². The quantitative estimate of drug-likeness (QED) is 0.921. The zero-order valence-corrected chi connectivity index (χ0v) is 12.5. The lowest BCUT2D eigenvalue weighted by Crippen LogP contribution is -2.48. The fraction of sp³-hybridized carbons (Fsp3) is 0.529. The van der Waals surface area contributed by atoms with Crippen LogP contribution in [0, 0.1) is 5.92 Å². The van der Waals surface area contributed by atoms with Crippen LogP contribution in [0.15, 0.2) is 24.3 Å². The normalized spacial score (nSPS) is 24.1. The van der Waals surface area contributed by atoms with Crippen molar-refractivity contribution in [2.45, 2.75) is 38.3 Å². The van der Waals surface area contributed by atoms with Crippen LogP contribution in [0.1, 0.15) is 30.4 Å². The first-order valence-corrected chi connectivity index (χ1v) is 7.82. The third-order valence-corrected chi connectivity index (χ3v) is 4.64. The Morgan fingerprint density at radius 2 is 2.05 bits per heavy atom. The number of nitrogens with zero attached hydrogens (tertiary/aromatic N) is 1. The van der Waals surface area contributed by atoms with Crippen molar-refractivity contribution in [2.75, 3.05) is 13.2 Å². The topological polar surface area (TPSA) is 66.8 Å². The predicted octanol–water partition coefficient (Wildman–Crippen LogP) is 1.84. The summed E-state index contributed by atoms with van der Waals surface area (Å²) in [5, 5.41) is 9.45. The van der Waals surface area contributed by atoms with Crippen molar-refractivity contribution in [3.05, 3.63) is 35.4 Å². The highest BCUT2D eigenvalue weighted by atomic mass is 16.5. The second-order valence-electron chi connectivity index (χ2n) is 6.12. The molecule has 5 nitrogen and oxygen atoms in total. The van der Waals surface area contributed by atoms with E-state index < -0.39 is 12.0 Å². The Morgan fingerprint density at radius 3 is 2.73 bits per heavy atom. The van der Waals surface area contributed by atoms with Gasteiger partial charge in [-0.15, -0.1) is 0 Å². The van der Waals surface area contributed by atoms with Crippen LogP contribution in [0.25, 0.3) is 0 Å². The molecule has 0 radical (unpaired) electrons. The first-order valence-electron chi connectivity index (χ1n) is 7.82. The molecule has 1 fully saturated rings. The van der Waals surface area contributed by atoms with Gasteiger partial charge in [0.25, 0.3) is 0 Å². The van der Waals surface area contributed by atoms with E-state index in [1.54, 1.807) is 0 Å². The number of carboxylic acid groups (broad SMARTS) is 1. The van der Waals surface area contributed by atoms with Gasteiger partial charge in [0, 0.05) is 32.6 Å². The van der Waals surface area contributed by atoms with Crippen LogP contribution in [0.2, 0.25) is 0 Å². The lowest BCUT2D eigenvalue weighted by Gasteiger charge is -2.34. The number of carbonyl (C=O) groups excluding carboxylic acids is 1. The SMILES string of the molecule is O=C(O)C1Cc2ccccc2CN1C(=O)CCC1CCOC1. The molecule has 0 spiro atoms. The second kappa shape index (κ2) is 6.48. The molecule has 2 aliphatic rings. The minimum atomic E-state index is -0.924. The van der Waals surface area contributed by atoms with Crippen LogP contribution < -0.4 is 0 Å². The molecule has 3 rings (SSSR count). The number of rotatable bonds is 4. The van der Waals surface area contributed by atoms with Crippen molar-refractivity contribution in [3.8, 4) is 0 Å². The van der Waals surface area contributed by atoms with E-state index >= 15 is 0 Å². The third kappa shape index (κ3) is 3.14. The van der Waals surface area contributed by atoms with Gasteiger partial charge in [-0.05, 0) is 29.9 Å². The molecule has 0 aliphatic carbocycles. The van der Waals surface area contributed by atoms with Crippen molar-refractivity contribution in [3.63, 3.8) is 0 Å². The minimum absolute atomic E-state index is 0.0613. The maximum atomic E-state index is 12.5. The summed E-state index contributed by atoms with van der Waals surface area (Å²) in [6.45, 7) is 1.89. The van der Waals surface area contributed by atoms with Crippen molar-refractivity contribution in [1.29, 1.82) is 0 Å². The van der Waals surface area contributed by atoms with Crippen LogP contribution in [0.5, 0.6) is 0 Å². The van der Waals surface area contributed by atoms with E-state index in [9.17, 15) is 14.7 Å². The number of carboxylic acids is 1. The van der Waals surface area contributed by atoms with Gasteiger partial charge in [0.1, 0.15) is 6.04 Å². The van der Waals surface area contributed by atoms with E-state index in [1.165, 1.54) is 4.90 Å². The van der Waals surface area contributed by atoms with E-state index in [4.69, 9.17) is 4.74 Å². The number of hydrogen-bond donors (Lipinski definition) is 1. The number of ether oxygens (including phenoxy) is 1. The summed E-state index contributed by atoms with van der Waals surface area (Å²) in [6, 6.07) is 7.01. The fourth-order valence-electron chi connectivity index (χ4n) is 3.29. The van der Waals surface area contributed by atoms with E-state index in [2.05, 4.69) is 0 Å². The summed E-state index contributed by atoms with van der Waals surface area (Å²) >= 11 is 0. The molecule has 1 aromatic carbocycles. The highest BCUT2D eigenvalue weighted by Crippen LogP contribution is 2.25. The molecule has 0 saturated carbocycles. The average Bonchev–Trinajstić information content (AvgIpc) is 3.04. The molecule has 22 heavy (non-hydrogen) atoms. The molecular formula is C17H21NO4. The molecule has 2 atom stereocenters. The fourth-order valence-corrected chi connectivity index (χ4v) is 3.29. The Hall–Kier alpha value is -1.88. The van der Waals surface area contributed by atoms with Crippen molar-refractivity contribution >= 4 is 11.9 Å². The summed E-state index contributed by atoms with van der Waals surface area (Å²) in [6.07, 6.45) is 2.57. The van der Waals surface area contributed by atoms with Crippen LogP contribution in [-0.2, 0) is 27.3 Å². The Morgan fingerprint density at radius 1 is 1.27 bits per heavy atom. The molecule has 1 aromatic rings. The lowest BCUT2D eigenvalue weighted by molar-refractivity contribution is -0.151. The number of aliphatic carboxylic acids is 1. The summed E-state index contributed by atoms with van der Waals surface area (Å²) in [7, 11) is 0. The van der Waals surface area contributed by atoms with E-state index in [1.807, 2.05) is 24.3 Å². The maximum absolute atomic E-state index is 12.5. The minimum Gasteiger partial charge on any atom is -0.480 e. The van der Waals surface area contributed by atoms with Gasteiger partial charge in [-0.3, -0.25) is 4.79 Å². The monoisotopic (exact) mass is 303 g/mol. The third-order valence-electron chi connectivity index (χ3n) is 4.64. The second-order valence-corrected chi connectivity index (χ2v) is 6.12. The number of hydrogen-bond acceptors (Lipinski definition) is 3. The van der Waals surface area contributed by atoms with E-state index in [0.29, 0.717) is 25.3 Å². The molecule has 2 unspecified atom stereocenters. The molecule has 0 aromatic heterocycles. The van der Waals surface area contributed by atoms with Gasteiger partial charge in [0.2, 0.25) is 5.91 Å². The Labute approximate surface area is 129 Å². The van der Waals surface area contributed by atoms with Crippen LogP contribution in [0.4, 0.5) is 0 Å². The van der Waals surface area contributed by atoms with Crippen molar-refractivity contribution < 1.29 is 19.4 Å². The highest BCUT2D eigenvalue weighted by Gasteiger charge is 2.34. The summed E-state index contributed by atoms with van der Waals surface area (Å²) in [5.74, 6) is -0.551. The first kappa shape index (κ1) is 15.0. The zero-order valence-electron chi connectivity index (χ0n) is 12.5. The molecule has 1 N–H and O–H groups in total. The maximum Gasteiger partial charge on any atom is 0.326 e. The van der Waals surface area contributed by atoms with E-state index in [0.717, 1.165) is 37.2 Å². The Balaban J connectivity index is 1.69. The first-order chi connectivity index (χ1) is 10.6. The van der Waals surface area contributed by atoms with Gasteiger partial charge < -0.3 is 14.7 Å². The largest absolute Gasteiger partial charge is 0.480 e. The standard InChI is InChI=1S/C17H21NO4/c19-16(6-5-12-7-8-22-11-12)18-10-14-4-2-1-3-13(14)9-15(18)17(20)21/h1-4,12,15H,5-11H2,(H,20,21). The van der Waals surface area contributed by atoms with Gasteiger partial charge in [-0.2, -0.15) is 0 Å². The van der Waals surface area contributed by atoms with Crippen LogP contribution >= 0.6 is 0 Å². The van der Waals surface area contributed by atoms with Gasteiger partial charge in [-0.1, -0.05) is 24.3 Å². The molecular weight excluding hydrogens is 282 g/mol. The summed E-state index contributed by atoms with van der Waals surface area (Å²) in [4.78, 5) is 25.6. The lowest BCUT2D eigenvalue weighted by atomic mass is 9.93. The summed E-state index contributed by atoms with van der Waals surface area (Å²) < 4.78 is 5.32. The van der Waals surface area contributed by atoms with Gasteiger partial charge >= 0.3 is 5.97 Å². The van der Waals surface area contributed by atoms with Crippen LogP contribution in [0.3, 0.4) is 0 Å². The zero-order chi connectivity index (χ0) is 15.5. The molecule has 5 heteroatoms. The van der Waals surface area contributed by atoms with Gasteiger partial charge in [0.15, 0.2) is 0 Å². The smallest absolute Gasteiger partial charge is 0.326 e. The molecule has 118 valence electrons. The Kier molecular flexibility index (Phi) is 4.43. The molecule has 2 aliphatic heterocycles. The number of carbonyl (C=O) groups is 2. The number of amides is 1. The summed E-state index contributed by atoms with van der Waals surface area (Å²) in [5.41, 5.74) is 2.08. The number of fused-ring (bicyclic) bond motifs is 1. The van der Waals surface area contributed by atoms with Crippen molar-refractivity contribution in [1.82, 2.24) is 4.90 Å². The number of benzene rings is 1. The molecule has 1 amide bonds. The molecule has 2 heterocycles. The van der Waals surface area contributed by atoms with Gasteiger partial charge in [-0.25, -0.2) is 4.79 Å². The van der Waals surface area contributed by atoms with E-state index in [-0.39, 0.29) is 5.91 Å².